The number of anilines is 1. The molecule has 0 bridgehead atoms. The third-order valence-corrected chi connectivity index (χ3v) is 3.82. The van der Waals surface area contributed by atoms with E-state index in [1.807, 2.05) is 27.1 Å². The number of aromatic nitrogens is 1. The Kier molecular flexibility index (Phi) is 6.86. The average molecular weight is 343 g/mol. The standard InChI is InChI=1S/C19H29N5O/c1-6-20-19(22-13-17-11-18(14(2)3)23-25-17)21-12-15-7-9-16(10-8-15)24(4)5/h7-11,14H,6,12-13H2,1-5H3,(H2,20,21,22). The molecule has 0 spiro atoms. The van der Waals surface area contributed by atoms with Crippen LogP contribution in [-0.2, 0) is 13.1 Å². The average Bonchev–Trinajstić information content (AvgIpc) is 3.07. The maximum Gasteiger partial charge on any atom is 0.191 e. The van der Waals surface area contributed by atoms with Crippen LogP contribution in [0.4, 0.5) is 5.69 Å². The number of benzene rings is 1. The molecule has 136 valence electrons. The number of aliphatic imine (C=N–C) groups is 1. The fraction of sp³-hybridized carbons (Fsp3) is 0.474. The van der Waals surface area contributed by atoms with Crippen molar-refractivity contribution < 1.29 is 4.52 Å². The molecule has 1 heterocycles. The maximum absolute atomic E-state index is 5.35. The molecule has 0 fully saturated rings. The minimum Gasteiger partial charge on any atom is -0.378 e. The van der Waals surface area contributed by atoms with Gasteiger partial charge in [0.15, 0.2) is 11.7 Å². The number of rotatable bonds is 7. The van der Waals surface area contributed by atoms with Crippen LogP contribution in [0.15, 0.2) is 39.8 Å². The summed E-state index contributed by atoms with van der Waals surface area (Å²) in [6.45, 7) is 8.24. The van der Waals surface area contributed by atoms with Crippen LogP contribution in [0.5, 0.6) is 0 Å². The number of hydrogen-bond donors (Lipinski definition) is 2. The van der Waals surface area contributed by atoms with Gasteiger partial charge in [-0.15, -0.1) is 0 Å². The van der Waals surface area contributed by atoms with Crippen molar-refractivity contribution in [2.45, 2.75) is 39.8 Å². The lowest BCUT2D eigenvalue weighted by Crippen LogP contribution is -2.36. The van der Waals surface area contributed by atoms with E-state index in [1.165, 1.54) is 11.3 Å². The Labute approximate surface area is 150 Å². The smallest absolute Gasteiger partial charge is 0.191 e. The minimum absolute atomic E-state index is 0.365. The van der Waals surface area contributed by atoms with E-state index >= 15 is 0 Å². The summed E-state index contributed by atoms with van der Waals surface area (Å²) in [5, 5.41) is 10.6. The Bertz CT molecular complexity index is 673. The highest BCUT2D eigenvalue weighted by Crippen LogP contribution is 2.14. The molecule has 6 nitrogen and oxygen atoms in total. The maximum atomic E-state index is 5.35. The third kappa shape index (κ3) is 5.81. The van der Waals surface area contributed by atoms with Gasteiger partial charge in [-0.25, -0.2) is 4.99 Å². The molecule has 6 heteroatoms. The Morgan fingerprint density at radius 1 is 1.20 bits per heavy atom. The summed E-state index contributed by atoms with van der Waals surface area (Å²) in [7, 11) is 4.07. The van der Waals surface area contributed by atoms with E-state index < -0.39 is 0 Å². The van der Waals surface area contributed by atoms with E-state index in [4.69, 9.17) is 4.52 Å². The summed E-state index contributed by atoms with van der Waals surface area (Å²) in [5.41, 5.74) is 3.33. The van der Waals surface area contributed by atoms with Crippen molar-refractivity contribution in [3.63, 3.8) is 0 Å². The molecule has 2 N–H and O–H groups in total. The second kappa shape index (κ2) is 9.11. The first kappa shape index (κ1) is 18.8. The van der Waals surface area contributed by atoms with E-state index in [1.54, 1.807) is 0 Å². The van der Waals surface area contributed by atoms with E-state index in [9.17, 15) is 0 Å². The monoisotopic (exact) mass is 343 g/mol. The fourth-order valence-electron chi connectivity index (χ4n) is 2.27. The zero-order valence-electron chi connectivity index (χ0n) is 15.8. The van der Waals surface area contributed by atoms with Gasteiger partial charge in [-0.2, -0.15) is 0 Å². The minimum atomic E-state index is 0.365. The van der Waals surface area contributed by atoms with Gasteiger partial charge in [-0.3, -0.25) is 0 Å². The Morgan fingerprint density at radius 3 is 2.48 bits per heavy atom. The quantitative estimate of drug-likeness (QED) is 0.597. The van der Waals surface area contributed by atoms with Crippen LogP contribution < -0.4 is 15.5 Å². The molecule has 0 aliphatic rings. The lowest BCUT2D eigenvalue weighted by Gasteiger charge is -2.13. The molecule has 1 aromatic heterocycles. The second-order valence-electron chi connectivity index (χ2n) is 6.48. The van der Waals surface area contributed by atoms with Crippen LogP contribution in [0.2, 0.25) is 0 Å². The van der Waals surface area contributed by atoms with Gasteiger partial charge in [-0.1, -0.05) is 31.1 Å². The fourth-order valence-corrected chi connectivity index (χ4v) is 2.27. The van der Waals surface area contributed by atoms with Gasteiger partial charge in [0, 0.05) is 32.4 Å². The van der Waals surface area contributed by atoms with Crippen molar-refractivity contribution in [1.82, 2.24) is 15.8 Å². The van der Waals surface area contributed by atoms with Crippen LogP contribution in [0.25, 0.3) is 0 Å². The summed E-state index contributed by atoms with van der Waals surface area (Å²) in [4.78, 5) is 6.72. The molecule has 0 aliphatic carbocycles. The van der Waals surface area contributed by atoms with Gasteiger partial charge in [-0.05, 0) is 30.5 Å². The first-order valence-corrected chi connectivity index (χ1v) is 8.73. The lowest BCUT2D eigenvalue weighted by atomic mass is 10.1. The van der Waals surface area contributed by atoms with Gasteiger partial charge < -0.3 is 20.1 Å². The van der Waals surface area contributed by atoms with E-state index in [0.717, 1.165) is 24.0 Å². The molecule has 0 aliphatic heterocycles. The summed E-state index contributed by atoms with van der Waals surface area (Å²) in [6.07, 6.45) is 0. The SMILES string of the molecule is CCNC(=NCc1ccc(N(C)C)cc1)NCc1cc(C(C)C)no1. The Morgan fingerprint density at radius 2 is 1.92 bits per heavy atom. The number of nitrogens with zero attached hydrogens (tertiary/aromatic N) is 3. The zero-order chi connectivity index (χ0) is 18.2. The van der Waals surface area contributed by atoms with Crippen LogP contribution in [-0.4, -0.2) is 31.8 Å². The molecule has 0 unspecified atom stereocenters. The highest BCUT2D eigenvalue weighted by Gasteiger charge is 2.08. The Hall–Kier alpha value is -2.50. The predicted molar refractivity (Wildman–Crippen MR) is 103 cm³/mol. The summed E-state index contributed by atoms with van der Waals surface area (Å²) < 4.78 is 5.35. The van der Waals surface area contributed by atoms with Crippen molar-refractivity contribution in [3.8, 4) is 0 Å². The summed E-state index contributed by atoms with van der Waals surface area (Å²) in [5.74, 6) is 1.94. The first-order chi connectivity index (χ1) is 12.0. The second-order valence-corrected chi connectivity index (χ2v) is 6.48. The van der Waals surface area contributed by atoms with Gasteiger partial charge in [0.05, 0.1) is 18.8 Å². The van der Waals surface area contributed by atoms with Crippen molar-refractivity contribution in [3.05, 3.63) is 47.3 Å². The van der Waals surface area contributed by atoms with Crippen molar-refractivity contribution >= 4 is 11.6 Å². The molecule has 1 aromatic carbocycles. The molecule has 0 radical (unpaired) electrons. The lowest BCUT2D eigenvalue weighted by molar-refractivity contribution is 0.372. The van der Waals surface area contributed by atoms with Gasteiger partial charge in [0.1, 0.15) is 0 Å². The van der Waals surface area contributed by atoms with Crippen molar-refractivity contribution in [2.24, 2.45) is 4.99 Å². The van der Waals surface area contributed by atoms with Gasteiger partial charge in [0.2, 0.25) is 0 Å². The topological polar surface area (TPSA) is 65.7 Å². The van der Waals surface area contributed by atoms with Crippen molar-refractivity contribution in [2.75, 3.05) is 25.5 Å². The molecular formula is C19H29N5O. The highest BCUT2D eigenvalue weighted by molar-refractivity contribution is 5.79. The first-order valence-electron chi connectivity index (χ1n) is 8.73. The normalized spacial score (nSPS) is 11.7. The van der Waals surface area contributed by atoms with Crippen LogP contribution in [0.3, 0.4) is 0 Å². The molecule has 0 saturated heterocycles. The predicted octanol–water partition coefficient (Wildman–Crippen LogP) is 3.12. The van der Waals surface area contributed by atoms with Crippen molar-refractivity contribution in [1.29, 1.82) is 0 Å². The summed E-state index contributed by atoms with van der Waals surface area (Å²) >= 11 is 0. The van der Waals surface area contributed by atoms with E-state index in [2.05, 4.69) is 63.8 Å². The van der Waals surface area contributed by atoms with E-state index in [0.29, 0.717) is 19.0 Å². The van der Waals surface area contributed by atoms with Gasteiger partial charge >= 0.3 is 0 Å². The highest BCUT2D eigenvalue weighted by atomic mass is 16.5. The summed E-state index contributed by atoms with van der Waals surface area (Å²) in [6, 6.07) is 10.4. The van der Waals surface area contributed by atoms with E-state index in [-0.39, 0.29) is 0 Å². The van der Waals surface area contributed by atoms with Crippen LogP contribution in [0.1, 0.15) is 43.7 Å². The molecule has 25 heavy (non-hydrogen) atoms. The van der Waals surface area contributed by atoms with Gasteiger partial charge in [0.25, 0.3) is 0 Å². The zero-order valence-corrected chi connectivity index (χ0v) is 15.8. The third-order valence-electron chi connectivity index (χ3n) is 3.82. The molecule has 0 atom stereocenters. The van der Waals surface area contributed by atoms with Crippen LogP contribution >= 0.6 is 0 Å². The number of hydrogen-bond acceptors (Lipinski definition) is 4. The molecule has 0 amide bonds. The number of nitrogens with one attached hydrogen (secondary N) is 2. The van der Waals surface area contributed by atoms with Crippen LogP contribution in [0, 0.1) is 0 Å². The molecular weight excluding hydrogens is 314 g/mol. The molecule has 2 rings (SSSR count). The molecule has 2 aromatic rings. The molecule has 0 saturated carbocycles. The largest absolute Gasteiger partial charge is 0.378 e. The number of guanidine groups is 1. The Balaban J connectivity index is 1.95.